The molecule has 0 aromatic heterocycles. The van der Waals surface area contributed by atoms with Crippen LogP contribution >= 0.6 is 0 Å². The monoisotopic (exact) mass is 927 g/mol. The van der Waals surface area contributed by atoms with E-state index in [4.69, 9.17) is 20.9 Å². The lowest BCUT2D eigenvalue weighted by atomic mass is 10.1. The highest BCUT2D eigenvalue weighted by atomic mass is 35.5. The highest BCUT2D eigenvalue weighted by molar-refractivity contribution is 5.81. The Kier molecular flexibility index (Phi) is 53.8. The average Bonchev–Trinajstić information content (AvgIpc) is 3.27. The van der Waals surface area contributed by atoms with E-state index >= 15 is 0 Å². The first kappa shape index (κ1) is 65.0. The molecule has 0 radical (unpaired) electrons. The number of rotatable bonds is 52. The molecule has 382 valence electrons. The molecule has 0 heterocycles. The Morgan fingerprint density at radius 2 is 0.984 bits per heavy atom. The summed E-state index contributed by atoms with van der Waals surface area (Å²) >= 11 is 0. The zero-order valence-corrected chi connectivity index (χ0v) is 43.8. The van der Waals surface area contributed by atoms with Crippen LogP contribution in [0, 0.1) is 0 Å². The lowest BCUT2D eigenvalue weighted by Gasteiger charge is -2.33. The molecule has 0 rings (SSSR count). The van der Waals surface area contributed by atoms with Crippen LogP contribution in [-0.4, -0.2) is 109 Å². The Morgan fingerprint density at radius 3 is 1.48 bits per heavy atom. The molecule has 0 saturated carbocycles. The summed E-state index contributed by atoms with van der Waals surface area (Å²) in [4.78, 5) is 13.3. The molecule has 0 aliphatic carbocycles. The Hall–Kier alpha value is -1.04. The topological polar surface area (TPSA) is 124 Å². The number of amides is 1. The summed E-state index contributed by atoms with van der Waals surface area (Å²) in [6.45, 7) is 13.0. The van der Waals surface area contributed by atoms with Gasteiger partial charge < -0.3 is 53.8 Å². The normalized spacial score (nSPS) is 13.0. The minimum atomic E-state index is -0.203. The maximum atomic E-state index is 13.3. The zero-order chi connectivity index (χ0) is 46.0. The minimum Gasteiger partial charge on any atom is -1.00 e. The molecule has 9 nitrogen and oxygen atoms in total. The predicted molar refractivity (Wildman–Crippen MR) is 276 cm³/mol. The third-order valence-corrected chi connectivity index (χ3v) is 12.3. The summed E-state index contributed by atoms with van der Waals surface area (Å²) in [5, 5.41) is 10.1. The minimum absolute atomic E-state index is 0. The second-order valence-electron chi connectivity index (χ2n) is 19.3. The van der Waals surface area contributed by atoms with E-state index in [0.717, 1.165) is 88.9 Å². The van der Waals surface area contributed by atoms with Crippen molar-refractivity contribution in [2.24, 2.45) is 11.5 Å². The predicted octanol–water partition coefficient (Wildman–Crippen LogP) is 8.69. The zero-order valence-electron chi connectivity index (χ0n) is 43.1. The summed E-state index contributed by atoms with van der Waals surface area (Å²) in [5.74, 6) is 0.0840. The van der Waals surface area contributed by atoms with Gasteiger partial charge in [0, 0.05) is 13.2 Å². The van der Waals surface area contributed by atoms with Crippen LogP contribution in [0.2, 0.25) is 0 Å². The molecule has 0 aromatic carbocycles. The van der Waals surface area contributed by atoms with Gasteiger partial charge in [-0.25, -0.2) is 0 Å². The highest BCUT2D eigenvalue weighted by Crippen LogP contribution is 2.13. The third kappa shape index (κ3) is 48.9. The molecule has 0 fully saturated rings. The third-order valence-electron chi connectivity index (χ3n) is 12.3. The number of hydrogen-bond acceptors (Lipinski definition) is 7. The van der Waals surface area contributed by atoms with E-state index < -0.39 is 0 Å². The number of quaternary nitrogens is 1. The van der Waals surface area contributed by atoms with Crippen molar-refractivity contribution in [2.75, 3.05) is 86.3 Å². The number of nitrogens with two attached hydrogens (primary N) is 2. The summed E-state index contributed by atoms with van der Waals surface area (Å²) in [5.41, 5.74) is 11.4. The molecule has 2 atom stereocenters. The van der Waals surface area contributed by atoms with Crippen LogP contribution in [0.1, 0.15) is 219 Å². The fraction of sp³-hybridized carbons (Fsp3) is 0.907. The second kappa shape index (κ2) is 52.9. The fourth-order valence-corrected chi connectivity index (χ4v) is 8.15. The molecule has 7 N–H and O–H groups in total. The van der Waals surface area contributed by atoms with Gasteiger partial charge in [0.05, 0.1) is 39.8 Å². The Balaban J connectivity index is 0. The maximum Gasteiger partial charge on any atom is 0.237 e. The number of nitrogens with zero attached hydrogens (tertiary/aromatic N) is 1. The van der Waals surface area contributed by atoms with Crippen LogP contribution in [0.4, 0.5) is 0 Å². The van der Waals surface area contributed by atoms with Gasteiger partial charge in [-0.2, -0.15) is 0 Å². The summed E-state index contributed by atoms with van der Waals surface area (Å²) in [6, 6.07) is -0.203. The van der Waals surface area contributed by atoms with Crippen molar-refractivity contribution in [2.45, 2.75) is 231 Å². The smallest absolute Gasteiger partial charge is 0.237 e. The molecular weight excluding hydrogens is 816 g/mol. The molecule has 1 amide bonds. The summed E-state index contributed by atoms with van der Waals surface area (Å²) in [6.07, 6.45) is 50.0. The highest BCUT2D eigenvalue weighted by Gasteiger charge is 2.24. The van der Waals surface area contributed by atoms with Crippen molar-refractivity contribution in [1.82, 2.24) is 16.0 Å². The van der Waals surface area contributed by atoms with E-state index in [1.165, 1.54) is 167 Å². The lowest BCUT2D eigenvalue weighted by molar-refractivity contribution is -0.892. The Morgan fingerprint density at radius 1 is 0.547 bits per heavy atom. The lowest BCUT2D eigenvalue weighted by Crippen LogP contribution is -3.00. The van der Waals surface area contributed by atoms with Crippen LogP contribution < -0.4 is 39.8 Å². The molecule has 0 aliphatic heterocycles. The van der Waals surface area contributed by atoms with Crippen molar-refractivity contribution >= 4 is 5.91 Å². The first-order chi connectivity index (χ1) is 30.9. The molecule has 0 aliphatic rings. The molecule has 10 heteroatoms. The molecule has 0 bridgehead atoms. The van der Waals surface area contributed by atoms with Crippen molar-refractivity contribution in [3.8, 4) is 0 Å². The fourth-order valence-electron chi connectivity index (χ4n) is 8.15. The van der Waals surface area contributed by atoms with Crippen molar-refractivity contribution in [1.29, 1.82) is 0 Å². The van der Waals surface area contributed by atoms with Crippen LogP contribution in [0.25, 0.3) is 0 Å². The van der Waals surface area contributed by atoms with E-state index in [0.29, 0.717) is 26.2 Å². The largest absolute Gasteiger partial charge is 1.00 e. The molecule has 0 aromatic rings. The van der Waals surface area contributed by atoms with E-state index in [1.807, 2.05) is 0 Å². The average molecular weight is 928 g/mol. The number of carbonyl (C=O) groups is 1. The van der Waals surface area contributed by atoms with Crippen LogP contribution in [0.5, 0.6) is 0 Å². The number of likely N-dealkylation sites (N-methyl/N-ethyl adjacent to an activating group) is 1. The van der Waals surface area contributed by atoms with E-state index in [1.54, 1.807) is 0 Å². The first-order valence-electron chi connectivity index (χ1n) is 27.3. The standard InChI is InChI=1S/C54H110N6O3.ClH/c1-5-7-9-11-13-15-17-19-21-23-25-27-29-31-33-35-48-62-51-52(63-49-36-34-32-30-28-26-24-22-20-18-16-14-12-10-8-6-2)50-60(3,4)47-46-59-54(61)53(58-45-39-42-56)40-37-43-57-44-38-41-55;/h19-22,52-53,57-58H,5-18,23-51,55-56H2,1-4H3;1H/b21-19-,22-20-;/t52?,53-;/m0./s1. The van der Waals surface area contributed by atoms with Gasteiger partial charge in [-0.1, -0.05) is 154 Å². The number of nitrogens with one attached hydrogen (secondary N) is 3. The van der Waals surface area contributed by atoms with Gasteiger partial charge in [-0.15, -0.1) is 0 Å². The number of allylic oxidation sites excluding steroid dienone is 4. The molecule has 0 spiro atoms. The number of hydrogen-bond donors (Lipinski definition) is 5. The van der Waals surface area contributed by atoms with Crippen molar-refractivity contribution < 1.29 is 31.2 Å². The summed E-state index contributed by atoms with van der Waals surface area (Å²) < 4.78 is 13.6. The molecule has 0 saturated heterocycles. The maximum absolute atomic E-state index is 13.3. The van der Waals surface area contributed by atoms with Gasteiger partial charge in [0.15, 0.2) is 0 Å². The number of unbranched alkanes of at least 4 members (excludes halogenated alkanes) is 24. The van der Waals surface area contributed by atoms with Gasteiger partial charge in [-0.05, 0) is 123 Å². The summed E-state index contributed by atoms with van der Waals surface area (Å²) in [7, 11) is 4.50. The number of halogens is 1. The van der Waals surface area contributed by atoms with Gasteiger partial charge in [-0.3, -0.25) is 4.79 Å². The number of ether oxygens (including phenoxy) is 2. The van der Waals surface area contributed by atoms with Gasteiger partial charge in [0.1, 0.15) is 12.6 Å². The van der Waals surface area contributed by atoms with Crippen molar-refractivity contribution in [3.05, 3.63) is 24.3 Å². The quantitative estimate of drug-likeness (QED) is 0.0235. The SMILES string of the molecule is CCCCCCCC/C=C\CCCCCCCCOCC(C[N+](C)(C)CCNC(=O)[C@H](CCCNCCCN)NCCCN)OCCCCCCCC/C=C\CCCCCCCC.[Cl-]. The van der Waals surface area contributed by atoms with Crippen molar-refractivity contribution in [3.63, 3.8) is 0 Å². The molecular formula is C54H111ClN6O3. The van der Waals surface area contributed by atoms with E-state index in [2.05, 4.69) is 68.2 Å². The van der Waals surface area contributed by atoms with Crippen LogP contribution in [-0.2, 0) is 14.3 Å². The van der Waals surface area contributed by atoms with Crippen LogP contribution in [0.15, 0.2) is 24.3 Å². The van der Waals surface area contributed by atoms with Gasteiger partial charge in [0.2, 0.25) is 5.91 Å². The van der Waals surface area contributed by atoms with Gasteiger partial charge in [0.25, 0.3) is 0 Å². The Labute approximate surface area is 405 Å². The van der Waals surface area contributed by atoms with E-state index in [9.17, 15) is 4.79 Å². The molecule has 64 heavy (non-hydrogen) atoms. The molecule has 1 unspecified atom stereocenters. The second-order valence-corrected chi connectivity index (χ2v) is 19.3. The van der Waals surface area contributed by atoms with Gasteiger partial charge >= 0.3 is 0 Å². The number of carbonyl (C=O) groups excluding carboxylic acids is 1. The Bertz CT molecular complexity index is 987. The first-order valence-corrected chi connectivity index (χ1v) is 27.3. The van der Waals surface area contributed by atoms with Crippen LogP contribution in [0.3, 0.4) is 0 Å². The van der Waals surface area contributed by atoms with E-state index in [-0.39, 0.29) is 30.5 Å².